The van der Waals surface area contributed by atoms with E-state index in [1.165, 1.54) is 0 Å². The molecule has 0 aromatic rings. The van der Waals surface area contributed by atoms with E-state index in [-0.39, 0.29) is 19.8 Å². The van der Waals surface area contributed by atoms with E-state index in [0.717, 1.165) is 14.2 Å². The van der Waals surface area contributed by atoms with Crippen LogP contribution in [0.3, 0.4) is 0 Å². The van der Waals surface area contributed by atoms with E-state index in [1.54, 1.807) is 6.92 Å². The molecule has 4 unspecified atom stereocenters. The van der Waals surface area contributed by atoms with Crippen LogP contribution in [0.2, 0.25) is 0 Å². The molecule has 30 heavy (non-hydrogen) atoms. The number of ether oxygens (including phenoxy) is 3. The highest BCUT2D eigenvalue weighted by atomic mass is 19.4. The third kappa shape index (κ3) is 4.13. The van der Waals surface area contributed by atoms with Crippen LogP contribution in [0.5, 0.6) is 0 Å². The summed E-state index contributed by atoms with van der Waals surface area (Å²) in [5.74, 6) is -10.6. The Bertz CT molecular complexity index is 652. The first-order chi connectivity index (χ1) is 13.4. The lowest BCUT2D eigenvalue weighted by atomic mass is 9.51. The fourth-order valence-corrected chi connectivity index (χ4v) is 5.46. The summed E-state index contributed by atoms with van der Waals surface area (Å²) in [6, 6.07) is 0. The maximum absolute atomic E-state index is 14.4. The lowest BCUT2D eigenvalue weighted by molar-refractivity contribution is -0.428. The first-order valence-electron chi connectivity index (χ1n) is 9.22. The second-order valence-corrected chi connectivity index (χ2v) is 8.53. The third-order valence-electron chi connectivity index (χ3n) is 6.17. The summed E-state index contributed by atoms with van der Waals surface area (Å²) < 4.78 is 125. The number of hydrogen-bond acceptors (Lipinski definition) is 4. The van der Waals surface area contributed by atoms with Gasteiger partial charge in [0.1, 0.15) is 11.0 Å². The molecule has 0 radical (unpaired) electrons. The first kappa shape index (κ1) is 25.1. The van der Waals surface area contributed by atoms with Crippen molar-refractivity contribution < 1.29 is 54.1 Å². The van der Waals surface area contributed by atoms with E-state index in [0.29, 0.717) is 0 Å². The molecule has 2 aliphatic carbocycles. The highest BCUT2D eigenvalue weighted by molar-refractivity contribution is 5.77. The summed E-state index contributed by atoms with van der Waals surface area (Å²) in [7, 11) is 1.64. The van der Waals surface area contributed by atoms with Crippen LogP contribution in [0.4, 0.5) is 35.1 Å². The van der Waals surface area contributed by atoms with Crippen molar-refractivity contribution in [2.24, 2.45) is 17.3 Å². The van der Waals surface area contributed by atoms with Crippen molar-refractivity contribution in [2.75, 3.05) is 14.2 Å². The molecule has 2 rings (SSSR count). The van der Waals surface area contributed by atoms with E-state index in [4.69, 9.17) is 14.2 Å². The minimum absolute atomic E-state index is 0.0286. The van der Waals surface area contributed by atoms with Crippen molar-refractivity contribution in [1.82, 2.24) is 0 Å². The van der Waals surface area contributed by atoms with Gasteiger partial charge in [0.2, 0.25) is 0 Å². The molecular formula is C18H24F8O4. The van der Waals surface area contributed by atoms with Crippen LogP contribution < -0.4 is 0 Å². The number of halogens is 8. The van der Waals surface area contributed by atoms with Crippen LogP contribution in [-0.4, -0.2) is 49.9 Å². The van der Waals surface area contributed by atoms with E-state index in [1.807, 2.05) is 0 Å². The highest BCUT2D eigenvalue weighted by Crippen LogP contribution is 2.68. The lowest BCUT2D eigenvalue weighted by Crippen LogP contribution is -2.72. The predicted molar refractivity (Wildman–Crippen MR) is 86.5 cm³/mol. The van der Waals surface area contributed by atoms with Crippen LogP contribution in [0.15, 0.2) is 0 Å². The Hall–Kier alpha value is -1.17. The minimum Gasteiger partial charge on any atom is -0.455 e. The Kier molecular flexibility index (Phi) is 6.24. The third-order valence-corrected chi connectivity index (χ3v) is 6.17. The number of rotatable bonds is 5. The van der Waals surface area contributed by atoms with Gasteiger partial charge >= 0.3 is 24.2 Å². The molecule has 0 saturated heterocycles. The standard InChI is InChI=1S/C18H24F8O4/c1-10-5-11-7-14(6-10,30-12(27)13(2,19)20)8-15(18(24,25)26,9-16(21,22)23)17(11,28-3)29-4/h10-11H,5-9H2,1-4H3. The first-order valence-corrected chi connectivity index (χ1v) is 9.22. The number of carbonyl (C=O) groups is 1. The van der Waals surface area contributed by atoms with E-state index in [2.05, 4.69) is 0 Å². The number of esters is 1. The second kappa shape index (κ2) is 7.46. The van der Waals surface area contributed by atoms with Crippen molar-refractivity contribution in [3.8, 4) is 0 Å². The Labute approximate surface area is 168 Å². The Morgan fingerprint density at radius 2 is 1.53 bits per heavy atom. The van der Waals surface area contributed by atoms with Gasteiger partial charge in [0.05, 0.1) is 6.42 Å². The number of carbonyl (C=O) groups excluding carboxylic acids is 1. The average molecular weight is 456 g/mol. The fourth-order valence-electron chi connectivity index (χ4n) is 5.46. The van der Waals surface area contributed by atoms with E-state index >= 15 is 0 Å². The molecule has 0 aromatic carbocycles. The molecule has 176 valence electrons. The smallest absolute Gasteiger partial charge is 0.400 e. The highest BCUT2D eigenvalue weighted by Gasteiger charge is 2.78. The lowest BCUT2D eigenvalue weighted by Gasteiger charge is -2.62. The van der Waals surface area contributed by atoms with Gasteiger partial charge in [0, 0.05) is 33.5 Å². The van der Waals surface area contributed by atoms with Crippen molar-refractivity contribution in [2.45, 2.75) is 75.6 Å². The summed E-state index contributed by atoms with van der Waals surface area (Å²) in [6.07, 6.45) is -15.3. The molecule has 4 atom stereocenters. The molecule has 0 N–H and O–H groups in total. The minimum atomic E-state index is -5.51. The van der Waals surface area contributed by atoms with Gasteiger partial charge in [-0.2, -0.15) is 35.1 Å². The molecular weight excluding hydrogens is 432 g/mol. The van der Waals surface area contributed by atoms with Gasteiger partial charge in [0.15, 0.2) is 5.79 Å². The molecule has 4 nitrogen and oxygen atoms in total. The van der Waals surface area contributed by atoms with Gasteiger partial charge in [-0.15, -0.1) is 0 Å². The van der Waals surface area contributed by atoms with Gasteiger partial charge in [0.25, 0.3) is 0 Å². The molecule has 2 bridgehead atoms. The van der Waals surface area contributed by atoms with Crippen LogP contribution in [0.1, 0.15) is 46.0 Å². The molecule has 0 amide bonds. The summed E-state index contributed by atoms with van der Waals surface area (Å²) in [5.41, 5.74) is -5.84. The predicted octanol–water partition coefficient (Wildman–Crippen LogP) is 5.25. The largest absolute Gasteiger partial charge is 0.455 e. The second-order valence-electron chi connectivity index (χ2n) is 8.53. The zero-order valence-electron chi connectivity index (χ0n) is 16.8. The Morgan fingerprint density at radius 1 is 1.00 bits per heavy atom. The van der Waals surface area contributed by atoms with Crippen molar-refractivity contribution in [3.05, 3.63) is 0 Å². The number of alkyl halides is 8. The molecule has 2 fully saturated rings. The molecule has 2 aliphatic rings. The van der Waals surface area contributed by atoms with Gasteiger partial charge in [-0.3, -0.25) is 0 Å². The molecule has 2 saturated carbocycles. The van der Waals surface area contributed by atoms with Crippen LogP contribution in [-0.2, 0) is 19.0 Å². The zero-order chi connectivity index (χ0) is 23.4. The van der Waals surface area contributed by atoms with Crippen molar-refractivity contribution in [3.63, 3.8) is 0 Å². The summed E-state index contributed by atoms with van der Waals surface area (Å²) in [4.78, 5) is 11.8. The number of methoxy groups -OCH3 is 2. The summed E-state index contributed by atoms with van der Waals surface area (Å²) in [5, 5.41) is 0. The zero-order valence-corrected chi connectivity index (χ0v) is 16.8. The Morgan fingerprint density at radius 3 is 1.93 bits per heavy atom. The SMILES string of the molecule is COC1(OC)C2CC(C)CC(OC(=O)C(C)(F)F)(C2)CC1(CC(F)(F)F)C(F)(F)F. The quantitative estimate of drug-likeness (QED) is 0.322. The molecule has 12 heteroatoms. The van der Waals surface area contributed by atoms with Gasteiger partial charge in [-0.1, -0.05) is 6.92 Å². The summed E-state index contributed by atoms with van der Waals surface area (Å²) in [6.45, 7) is 1.79. The average Bonchev–Trinajstić information content (AvgIpc) is 2.51. The maximum Gasteiger partial charge on any atom is 0.400 e. The summed E-state index contributed by atoms with van der Waals surface area (Å²) >= 11 is 0. The van der Waals surface area contributed by atoms with E-state index < -0.39 is 72.1 Å². The fraction of sp³-hybridized carbons (Fsp3) is 0.944. The van der Waals surface area contributed by atoms with E-state index in [9.17, 15) is 39.9 Å². The van der Waals surface area contributed by atoms with Gasteiger partial charge in [-0.25, -0.2) is 4.79 Å². The Balaban J connectivity index is 2.72. The normalized spacial score (nSPS) is 34.5. The van der Waals surface area contributed by atoms with Crippen LogP contribution in [0.25, 0.3) is 0 Å². The molecule has 0 aliphatic heterocycles. The van der Waals surface area contributed by atoms with Crippen LogP contribution >= 0.6 is 0 Å². The molecule has 0 spiro atoms. The van der Waals surface area contributed by atoms with Gasteiger partial charge < -0.3 is 14.2 Å². The topological polar surface area (TPSA) is 44.8 Å². The van der Waals surface area contributed by atoms with Gasteiger partial charge in [-0.05, 0) is 25.2 Å². The van der Waals surface area contributed by atoms with Crippen molar-refractivity contribution >= 4 is 5.97 Å². The maximum atomic E-state index is 14.4. The van der Waals surface area contributed by atoms with Crippen LogP contribution in [0, 0.1) is 17.3 Å². The number of hydrogen-bond donors (Lipinski definition) is 0. The monoisotopic (exact) mass is 456 g/mol. The molecule has 0 aromatic heterocycles. The number of fused-ring (bicyclic) bond motifs is 2. The van der Waals surface area contributed by atoms with Crippen molar-refractivity contribution in [1.29, 1.82) is 0 Å². The molecule has 0 heterocycles.